The first-order chi connectivity index (χ1) is 9.24. The molecule has 1 heterocycles. The molecule has 1 aromatic carbocycles. The second kappa shape index (κ2) is 7.66. The van der Waals surface area contributed by atoms with Gasteiger partial charge in [-0.25, -0.2) is 0 Å². The normalized spacial score (nSPS) is 20.9. The number of piperidine rings is 1. The molecule has 0 aliphatic carbocycles. The van der Waals surface area contributed by atoms with Gasteiger partial charge in [-0.05, 0) is 43.8 Å². The average molecular weight is 260 g/mol. The second-order valence-electron chi connectivity index (χ2n) is 6.13. The van der Waals surface area contributed by atoms with Crippen molar-refractivity contribution in [3.8, 4) is 0 Å². The third-order valence-corrected chi connectivity index (χ3v) is 3.96. The average Bonchev–Trinajstić information content (AvgIpc) is 2.40. The van der Waals surface area contributed by atoms with Crippen LogP contribution in [0.25, 0.3) is 0 Å². The van der Waals surface area contributed by atoms with Crippen LogP contribution in [-0.2, 0) is 6.54 Å². The molecular formula is C17H28N2. The van der Waals surface area contributed by atoms with E-state index in [1.54, 1.807) is 0 Å². The number of benzene rings is 1. The van der Waals surface area contributed by atoms with Crippen molar-refractivity contribution in [2.24, 2.45) is 5.92 Å². The molecule has 0 saturated carbocycles. The van der Waals surface area contributed by atoms with Crippen LogP contribution >= 0.6 is 0 Å². The van der Waals surface area contributed by atoms with Crippen molar-refractivity contribution in [3.63, 3.8) is 0 Å². The summed E-state index contributed by atoms with van der Waals surface area (Å²) in [5, 5.41) is 3.54. The Morgan fingerprint density at radius 2 is 2.05 bits per heavy atom. The van der Waals surface area contributed by atoms with Crippen molar-refractivity contribution in [1.82, 2.24) is 10.2 Å². The summed E-state index contributed by atoms with van der Waals surface area (Å²) in [7, 11) is 0. The van der Waals surface area contributed by atoms with Crippen LogP contribution in [0.1, 0.15) is 38.7 Å². The monoisotopic (exact) mass is 260 g/mol. The van der Waals surface area contributed by atoms with Crippen molar-refractivity contribution in [2.75, 3.05) is 19.6 Å². The first-order valence-corrected chi connectivity index (χ1v) is 7.73. The van der Waals surface area contributed by atoms with Crippen LogP contribution in [-0.4, -0.2) is 30.6 Å². The van der Waals surface area contributed by atoms with Crippen molar-refractivity contribution in [3.05, 3.63) is 35.9 Å². The molecule has 0 radical (unpaired) electrons. The maximum atomic E-state index is 3.54. The van der Waals surface area contributed by atoms with Crippen molar-refractivity contribution < 1.29 is 0 Å². The van der Waals surface area contributed by atoms with Crippen LogP contribution in [0.4, 0.5) is 0 Å². The summed E-state index contributed by atoms with van der Waals surface area (Å²) in [5.41, 5.74) is 1.45. The summed E-state index contributed by atoms with van der Waals surface area (Å²) in [6.45, 7) is 9.28. The third-order valence-electron chi connectivity index (χ3n) is 3.96. The predicted molar refractivity (Wildman–Crippen MR) is 82.2 cm³/mol. The highest BCUT2D eigenvalue weighted by Crippen LogP contribution is 2.20. The van der Waals surface area contributed by atoms with Gasteiger partial charge in [0.15, 0.2) is 0 Å². The van der Waals surface area contributed by atoms with Gasteiger partial charge in [-0.3, -0.25) is 4.90 Å². The minimum Gasteiger partial charge on any atom is -0.315 e. The summed E-state index contributed by atoms with van der Waals surface area (Å²) < 4.78 is 0. The van der Waals surface area contributed by atoms with Gasteiger partial charge in [0.05, 0.1) is 0 Å². The van der Waals surface area contributed by atoms with Crippen LogP contribution in [0.3, 0.4) is 0 Å². The van der Waals surface area contributed by atoms with Gasteiger partial charge in [0.25, 0.3) is 0 Å². The zero-order chi connectivity index (χ0) is 13.5. The molecule has 1 aliphatic heterocycles. The topological polar surface area (TPSA) is 15.3 Å². The maximum Gasteiger partial charge on any atom is 0.0233 e. The standard InChI is InChI=1S/C17H28N2/c1-15(2)18-11-10-17-9-6-12-19(14-17)13-16-7-4-3-5-8-16/h3-5,7-8,15,17-18H,6,9-14H2,1-2H3/t17-/m1/s1. The second-order valence-corrected chi connectivity index (χ2v) is 6.13. The fraction of sp³-hybridized carbons (Fsp3) is 0.647. The zero-order valence-corrected chi connectivity index (χ0v) is 12.4. The molecule has 0 spiro atoms. The van der Waals surface area contributed by atoms with Gasteiger partial charge in [-0.2, -0.15) is 0 Å². The molecule has 2 rings (SSSR count). The van der Waals surface area contributed by atoms with Gasteiger partial charge in [0, 0.05) is 19.1 Å². The zero-order valence-electron chi connectivity index (χ0n) is 12.4. The number of rotatable bonds is 6. The Balaban J connectivity index is 1.74. The number of nitrogens with zero attached hydrogens (tertiary/aromatic N) is 1. The highest BCUT2D eigenvalue weighted by Gasteiger charge is 2.19. The van der Waals surface area contributed by atoms with Crippen LogP contribution in [0.5, 0.6) is 0 Å². The summed E-state index contributed by atoms with van der Waals surface area (Å²) in [6, 6.07) is 11.5. The van der Waals surface area contributed by atoms with Gasteiger partial charge in [-0.15, -0.1) is 0 Å². The van der Waals surface area contributed by atoms with Crippen LogP contribution in [0.15, 0.2) is 30.3 Å². The molecule has 106 valence electrons. The van der Waals surface area contributed by atoms with Crippen LogP contribution in [0, 0.1) is 5.92 Å². The van der Waals surface area contributed by atoms with E-state index in [1.165, 1.54) is 44.5 Å². The molecule has 1 saturated heterocycles. The van der Waals surface area contributed by atoms with Gasteiger partial charge in [0.2, 0.25) is 0 Å². The van der Waals surface area contributed by atoms with E-state index in [4.69, 9.17) is 0 Å². The number of likely N-dealkylation sites (tertiary alicyclic amines) is 1. The molecule has 0 unspecified atom stereocenters. The Morgan fingerprint density at radius 1 is 1.26 bits per heavy atom. The lowest BCUT2D eigenvalue weighted by Crippen LogP contribution is -2.36. The van der Waals surface area contributed by atoms with Crippen LogP contribution < -0.4 is 5.32 Å². The first-order valence-electron chi connectivity index (χ1n) is 7.73. The smallest absolute Gasteiger partial charge is 0.0233 e. The molecule has 1 atom stereocenters. The molecule has 2 heteroatoms. The highest BCUT2D eigenvalue weighted by molar-refractivity contribution is 5.14. The first kappa shape index (κ1) is 14.5. The number of hydrogen-bond acceptors (Lipinski definition) is 2. The fourth-order valence-corrected chi connectivity index (χ4v) is 2.95. The Bertz CT molecular complexity index is 348. The molecule has 1 aromatic rings. The molecule has 1 fully saturated rings. The van der Waals surface area contributed by atoms with E-state index in [-0.39, 0.29) is 0 Å². The van der Waals surface area contributed by atoms with E-state index in [0.717, 1.165) is 12.5 Å². The Labute approximate surface area is 118 Å². The Morgan fingerprint density at radius 3 is 2.79 bits per heavy atom. The van der Waals surface area contributed by atoms with Gasteiger partial charge in [-0.1, -0.05) is 44.2 Å². The Kier molecular flexibility index (Phi) is 5.87. The van der Waals surface area contributed by atoms with E-state index >= 15 is 0 Å². The lowest BCUT2D eigenvalue weighted by molar-refractivity contribution is 0.161. The van der Waals surface area contributed by atoms with Gasteiger partial charge in [0.1, 0.15) is 0 Å². The van der Waals surface area contributed by atoms with Gasteiger partial charge < -0.3 is 5.32 Å². The summed E-state index contributed by atoms with van der Waals surface area (Å²) in [5.74, 6) is 0.878. The highest BCUT2D eigenvalue weighted by atomic mass is 15.1. The maximum absolute atomic E-state index is 3.54. The summed E-state index contributed by atoms with van der Waals surface area (Å²) in [4.78, 5) is 2.62. The largest absolute Gasteiger partial charge is 0.315 e. The minimum atomic E-state index is 0.615. The molecule has 0 aromatic heterocycles. The summed E-state index contributed by atoms with van der Waals surface area (Å²) >= 11 is 0. The summed E-state index contributed by atoms with van der Waals surface area (Å²) in [6.07, 6.45) is 4.09. The number of nitrogens with one attached hydrogen (secondary N) is 1. The minimum absolute atomic E-state index is 0.615. The molecule has 1 aliphatic rings. The van der Waals surface area contributed by atoms with E-state index in [0.29, 0.717) is 6.04 Å². The van der Waals surface area contributed by atoms with Crippen molar-refractivity contribution >= 4 is 0 Å². The fourth-order valence-electron chi connectivity index (χ4n) is 2.95. The SMILES string of the molecule is CC(C)NCC[C@H]1CCCN(Cc2ccccc2)C1. The molecule has 2 nitrogen and oxygen atoms in total. The van der Waals surface area contributed by atoms with E-state index in [9.17, 15) is 0 Å². The lowest BCUT2D eigenvalue weighted by atomic mass is 9.94. The van der Waals surface area contributed by atoms with E-state index < -0.39 is 0 Å². The molecular weight excluding hydrogens is 232 g/mol. The van der Waals surface area contributed by atoms with Crippen molar-refractivity contribution in [2.45, 2.75) is 45.7 Å². The predicted octanol–water partition coefficient (Wildman–Crippen LogP) is 3.29. The lowest BCUT2D eigenvalue weighted by Gasteiger charge is -2.33. The van der Waals surface area contributed by atoms with Crippen LogP contribution in [0.2, 0.25) is 0 Å². The Hall–Kier alpha value is -0.860. The molecule has 0 bridgehead atoms. The molecule has 0 amide bonds. The quantitative estimate of drug-likeness (QED) is 0.844. The molecule has 19 heavy (non-hydrogen) atoms. The third kappa shape index (κ3) is 5.33. The number of hydrogen-bond donors (Lipinski definition) is 1. The van der Waals surface area contributed by atoms with Crippen molar-refractivity contribution in [1.29, 1.82) is 0 Å². The van der Waals surface area contributed by atoms with E-state index in [1.807, 2.05) is 0 Å². The van der Waals surface area contributed by atoms with E-state index in [2.05, 4.69) is 54.4 Å². The van der Waals surface area contributed by atoms with Gasteiger partial charge >= 0.3 is 0 Å². The molecule has 1 N–H and O–H groups in total.